The quantitative estimate of drug-likeness (QED) is 0.155. The van der Waals surface area contributed by atoms with E-state index in [0.717, 1.165) is 33.4 Å². The predicted octanol–water partition coefficient (Wildman–Crippen LogP) is 17.0. The van der Waals surface area contributed by atoms with Crippen LogP contribution >= 0.6 is 0 Å². The molecule has 0 nitrogen and oxygen atoms in total. The second kappa shape index (κ2) is 13.0. The zero-order chi connectivity index (χ0) is 46.1. The molecule has 0 aliphatic heterocycles. The molecule has 0 spiro atoms. The van der Waals surface area contributed by atoms with Crippen LogP contribution in [-0.4, -0.2) is 12.4 Å². The van der Waals surface area contributed by atoms with Gasteiger partial charge >= 0.3 is 12.4 Å². The topological polar surface area (TPSA) is 0 Å². The van der Waals surface area contributed by atoms with Crippen molar-refractivity contribution in [3.05, 3.63) is 202 Å². The van der Waals surface area contributed by atoms with Gasteiger partial charge in [0.15, 0.2) is 0 Å². The number of benzene rings is 8. The summed E-state index contributed by atoms with van der Waals surface area (Å²) in [7, 11) is 0. The van der Waals surface area contributed by atoms with Crippen molar-refractivity contribution >= 4 is 0 Å². The molecule has 0 amide bonds. The zero-order valence-corrected chi connectivity index (χ0v) is 37.3. The minimum atomic E-state index is -4.68. The van der Waals surface area contributed by atoms with Crippen molar-refractivity contribution in [3.63, 3.8) is 0 Å². The van der Waals surface area contributed by atoms with Gasteiger partial charge in [0, 0.05) is 10.8 Å². The first-order chi connectivity index (χ1) is 31.2. The number of hydrogen-bond donors (Lipinski definition) is 0. The summed E-state index contributed by atoms with van der Waals surface area (Å²) < 4.78 is 94.6. The van der Waals surface area contributed by atoms with E-state index in [9.17, 15) is 0 Å². The molecule has 0 radical (unpaired) electrons. The lowest BCUT2D eigenvalue weighted by Crippen LogP contribution is -2.39. The molecular formula is C60H44F6. The molecule has 326 valence electrons. The van der Waals surface area contributed by atoms with E-state index in [2.05, 4.69) is 76.2 Å². The number of hydrogen-bond acceptors (Lipinski definition) is 0. The molecule has 2 unspecified atom stereocenters. The van der Waals surface area contributed by atoms with Gasteiger partial charge in [-0.15, -0.1) is 0 Å². The maximum Gasteiger partial charge on any atom is 0.402 e. The van der Waals surface area contributed by atoms with Crippen LogP contribution < -0.4 is 0 Å². The third kappa shape index (κ3) is 5.19. The molecule has 8 aromatic rings. The number of alkyl halides is 6. The zero-order valence-electron chi connectivity index (χ0n) is 37.3. The van der Waals surface area contributed by atoms with Crippen molar-refractivity contribution in [2.45, 2.75) is 75.6 Å². The first-order valence-electron chi connectivity index (χ1n) is 22.5. The third-order valence-electron chi connectivity index (χ3n) is 16.1. The normalized spacial score (nSPS) is 19.9. The largest absolute Gasteiger partial charge is 0.402 e. The molecule has 0 N–H and O–H groups in total. The molecule has 66 heavy (non-hydrogen) atoms. The van der Waals surface area contributed by atoms with Crippen LogP contribution in [0.15, 0.2) is 158 Å². The molecule has 2 atom stereocenters. The Morgan fingerprint density at radius 3 is 0.727 bits per heavy atom. The second-order valence-electron chi connectivity index (χ2n) is 20.1. The molecule has 0 saturated carbocycles. The van der Waals surface area contributed by atoms with E-state index < -0.39 is 23.2 Å². The fourth-order valence-corrected chi connectivity index (χ4v) is 12.2. The first-order valence-corrected chi connectivity index (χ1v) is 22.5. The van der Waals surface area contributed by atoms with Gasteiger partial charge in [0.05, 0.1) is 0 Å². The highest BCUT2D eigenvalue weighted by Crippen LogP contribution is 2.61. The standard InChI is InChI=1S/C60H44F6/c1-55(2)47-13-9-7-11-39(47)41-21-15-33(27-49(41)55)35-17-23-43-45-25-19-37(31-53(45)57(5,51(43)29-35)59(61,62)63)38-20-26-46-44-24-18-36(30-52(44)58(6,54(46)32-38)60(64,65)66)34-16-22-42-40-12-8-10-14-48(40)56(3,4)50(42)28-34/h7-32H,1-6H3. The molecule has 12 rings (SSSR count). The average Bonchev–Trinajstić information content (AvgIpc) is 3.90. The van der Waals surface area contributed by atoms with Gasteiger partial charge < -0.3 is 0 Å². The maximum absolute atomic E-state index is 15.8. The van der Waals surface area contributed by atoms with E-state index in [1.807, 2.05) is 48.5 Å². The van der Waals surface area contributed by atoms with Gasteiger partial charge in [0.25, 0.3) is 0 Å². The Morgan fingerprint density at radius 2 is 0.470 bits per heavy atom. The van der Waals surface area contributed by atoms with Gasteiger partial charge in [-0.25, -0.2) is 0 Å². The summed E-state index contributed by atoms with van der Waals surface area (Å²) in [5.74, 6) is 0. The van der Waals surface area contributed by atoms with E-state index in [4.69, 9.17) is 0 Å². The van der Waals surface area contributed by atoms with Crippen molar-refractivity contribution in [1.82, 2.24) is 0 Å². The molecule has 4 aliphatic carbocycles. The van der Waals surface area contributed by atoms with Crippen LogP contribution in [0.1, 0.15) is 86.1 Å². The Labute approximate surface area is 380 Å². The Morgan fingerprint density at radius 1 is 0.258 bits per heavy atom. The van der Waals surface area contributed by atoms with Gasteiger partial charge in [-0.3, -0.25) is 0 Å². The molecule has 0 aromatic heterocycles. The summed E-state index contributed by atoms with van der Waals surface area (Å²) in [5.41, 5.74) is 10.2. The summed E-state index contributed by atoms with van der Waals surface area (Å²) in [5, 5.41) is 0. The highest BCUT2D eigenvalue weighted by Gasteiger charge is 2.60. The van der Waals surface area contributed by atoms with Gasteiger partial charge in [0.1, 0.15) is 10.8 Å². The van der Waals surface area contributed by atoms with E-state index in [1.54, 1.807) is 48.5 Å². The summed E-state index contributed by atoms with van der Waals surface area (Å²) in [4.78, 5) is 0. The van der Waals surface area contributed by atoms with Crippen LogP contribution in [0.2, 0.25) is 0 Å². The van der Waals surface area contributed by atoms with E-state index in [-0.39, 0.29) is 33.1 Å². The van der Waals surface area contributed by atoms with Crippen molar-refractivity contribution in [2.75, 3.05) is 0 Å². The van der Waals surface area contributed by atoms with Gasteiger partial charge in [-0.2, -0.15) is 26.3 Å². The summed E-state index contributed by atoms with van der Waals surface area (Å²) >= 11 is 0. The van der Waals surface area contributed by atoms with Crippen LogP contribution in [0.5, 0.6) is 0 Å². The third-order valence-corrected chi connectivity index (χ3v) is 16.1. The average molecular weight is 879 g/mol. The second-order valence-corrected chi connectivity index (χ2v) is 20.1. The Balaban J connectivity index is 0.923. The van der Waals surface area contributed by atoms with Crippen LogP contribution in [0.25, 0.3) is 77.9 Å². The van der Waals surface area contributed by atoms with Gasteiger partial charge in [-0.1, -0.05) is 149 Å². The Hall–Kier alpha value is -6.66. The maximum atomic E-state index is 15.8. The lowest BCUT2D eigenvalue weighted by atomic mass is 9.77. The molecule has 0 heterocycles. The smallest absolute Gasteiger partial charge is 0.170 e. The number of fused-ring (bicyclic) bond motifs is 12. The summed E-state index contributed by atoms with van der Waals surface area (Å²) in [6.07, 6.45) is -9.37. The van der Waals surface area contributed by atoms with Gasteiger partial charge in [-0.05, 0) is 173 Å². The molecule has 6 heteroatoms. The van der Waals surface area contributed by atoms with Crippen molar-refractivity contribution in [3.8, 4) is 77.9 Å². The highest BCUT2D eigenvalue weighted by atomic mass is 19.4. The van der Waals surface area contributed by atoms with Crippen LogP contribution in [-0.2, 0) is 21.7 Å². The lowest BCUT2D eigenvalue weighted by Gasteiger charge is -2.31. The Kier molecular flexibility index (Phi) is 8.06. The SMILES string of the molecule is CC1(C)c2ccccc2-c2ccc(-c3ccc4c(c3)C(C)(C(F)(F)F)c3cc(-c5ccc6c(c5)C(C)(C(F)(F)F)c5cc(-c7ccc8c(c7)C(C)(C)c7ccccc7-8)ccc5-6)ccc3-4)cc21. The lowest BCUT2D eigenvalue weighted by molar-refractivity contribution is -0.172. The monoisotopic (exact) mass is 878 g/mol. The van der Waals surface area contributed by atoms with Crippen molar-refractivity contribution in [2.24, 2.45) is 0 Å². The molecule has 0 bridgehead atoms. The number of rotatable bonds is 3. The van der Waals surface area contributed by atoms with Crippen LogP contribution in [0.4, 0.5) is 26.3 Å². The van der Waals surface area contributed by atoms with Crippen LogP contribution in [0.3, 0.4) is 0 Å². The highest BCUT2D eigenvalue weighted by molar-refractivity contribution is 5.91. The summed E-state index contributed by atoms with van der Waals surface area (Å²) in [6.45, 7) is 11.2. The van der Waals surface area contributed by atoms with Crippen LogP contribution in [0, 0.1) is 0 Å². The minimum Gasteiger partial charge on any atom is -0.170 e. The van der Waals surface area contributed by atoms with E-state index in [0.29, 0.717) is 44.5 Å². The molecule has 0 saturated heterocycles. The van der Waals surface area contributed by atoms with Gasteiger partial charge in [0.2, 0.25) is 0 Å². The molecule has 8 aromatic carbocycles. The molecule has 0 fully saturated rings. The van der Waals surface area contributed by atoms with E-state index in [1.165, 1.54) is 48.2 Å². The minimum absolute atomic E-state index is 0.0813. The fraction of sp³-hybridized carbons (Fsp3) is 0.200. The first kappa shape index (κ1) is 40.8. The van der Waals surface area contributed by atoms with E-state index >= 15 is 26.3 Å². The number of halogens is 6. The molecule has 4 aliphatic rings. The predicted molar refractivity (Wildman–Crippen MR) is 254 cm³/mol. The molecular weight excluding hydrogens is 835 g/mol. The summed E-state index contributed by atoms with van der Waals surface area (Å²) in [6, 6.07) is 49.6. The Bertz CT molecular complexity index is 3210. The van der Waals surface area contributed by atoms with Crippen molar-refractivity contribution < 1.29 is 26.3 Å². The fourth-order valence-electron chi connectivity index (χ4n) is 12.2. The van der Waals surface area contributed by atoms with Crippen molar-refractivity contribution in [1.29, 1.82) is 0 Å².